The van der Waals surface area contributed by atoms with E-state index in [0.29, 0.717) is 21.4 Å². The number of Topliss-reactive ketones (excluding diaryl/α,β-unsaturated/α-hetero) is 1. The Morgan fingerprint density at radius 3 is 2.15 bits per heavy atom. The summed E-state index contributed by atoms with van der Waals surface area (Å²) in [6, 6.07) is 16.3. The summed E-state index contributed by atoms with van der Waals surface area (Å²) in [4.78, 5) is 27.6. The van der Waals surface area contributed by atoms with Crippen LogP contribution in [0, 0.1) is 0 Å². The van der Waals surface area contributed by atoms with E-state index in [9.17, 15) is 18.0 Å². The molecule has 0 N–H and O–H groups in total. The largest absolute Gasteiger partial charge is 0.497 e. The first-order valence-corrected chi connectivity index (χ1v) is 12.0. The molecule has 3 aromatic rings. The molecule has 4 rings (SSSR count). The molecule has 0 saturated carbocycles. The zero-order chi connectivity index (χ0) is 23.8. The molecule has 0 spiro atoms. The van der Waals surface area contributed by atoms with Gasteiger partial charge < -0.3 is 9.47 Å². The summed E-state index contributed by atoms with van der Waals surface area (Å²) in [5.74, 6) is 0.278. The summed E-state index contributed by atoms with van der Waals surface area (Å²) >= 11 is 3.32. The third-order valence-electron chi connectivity index (χ3n) is 5.12. The quantitative estimate of drug-likeness (QED) is 0.436. The fourth-order valence-electron chi connectivity index (χ4n) is 3.49. The van der Waals surface area contributed by atoms with Crippen molar-refractivity contribution < 1.29 is 27.5 Å². The van der Waals surface area contributed by atoms with Gasteiger partial charge in [-0.25, -0.2) is 13.2 Å². The summed E-state index contributed by atoms with van der Waals surface area (Å²) in [5.41, 5.74) is 0.567. The number of amides is 2. The average molecular weight is 531 g/mol. The number of urea groups is 1. The molecule has 3 aromatic carbocycles. The lowest BCUT2D eigenvalue weighted by atomic mass is 10.1. The minimum absolute atomic E-state index is 0.0341. The van der Waals surface area contributed by atoms with Crippen LogP contribution >= 0.6 is 15.9 Å². The summed E-state index contributed by atoms with van der Waals surface area (Å²) in [5, 5.41) is 0. The molecule has 1 aliphatic heterocycles. The molecule has 8 nitrogen and oxygen atoms in total. The van der Waals surface area contributed by atoms with Crippen LogP contribution in [0.25, 0.3) is 0 Å². The molecule has 170 valence electrons. The number of ether oxygens (including phenoxy) is 2. The van der Waals surface area contributed by atoms with E-state index in [4.69, 9.17) is 9.47 Å². The van der Waals surface area contributed by atoms with Crippen LogP contribution in [0.1, 0.15) is 10.4 Å². The van der Waals surface area contributed by atoms with Gasteiger partial charge in [-0.05, 0) is 24.3 Å². The number of hydrogen-bond donors (Lipinski definition) is 0. The van der Waals surface area contributed by atoms with Crippen molar-refractivity contribution in [2.45, 2.75) is 4.90 Å². The number of carbonyl (C=O) groups excluding carboxylic acids is 2. The average Bonchev–Trinajstić information content (AvgIpc) is 2.81. The second-order valence-electron chi connectivity index (χ2n) is 7.11. The molecule has 2 amide bonds. The Balaban J connectivity index is 1.83. The Morgan fingerprint density at radius 1 is 0.939 bits per heavy atom. The van der Waals surface area contributed by atoms with Gasteiger partial charge >= 0.3 is 6.03 Å². The topological polar surface area (TPSA) is 93.2 Å². The molecule has 0 radical (unpaired) electrons. The first kappa shape index (κ1) is 22.8. The molecule has 1 heterocycles. The highest BCUT2D eigenvalue weighted by Gasteiger charge is 2.43. The van der Waals surface area contributed by atoms with E-state index in [-0.39, 0.29) is 28.6 Å². The number of halogens is 1. The maximum absolute atomic E-state index is 13.6. The second kappa shape index (κ2) is 8.87. The van der Waals surface area contributed by atoms with Gasteiger partial charge in [0.25, 0.3) is 10.0 Å². The molecular formula is C23H19BrN2O6S. The van der Waals surface area contributed by atoms with Crippen LogP contribution in [-0.2, 0) is 10.0 Å². The van der Waals surface area contributed by atoms with Crippen molar-refractivity contribution in [2.24, 2.45) is 0 Å². The van der Waals surface area contributed by atoms with Crippen molar-refractivity contribution >= 4 is 49.1 Å². The number of anilines is 2. The Morgan fingerprint density at radius 2 is 1.55 bits per heavy atom. The van der Waals surface area contributed by atoms with Gasteiger partial charge in [0.2, 0.25) is 0 Å². The molecule has 0 unspecified atom stereocenters. The number of rotatable bonds is 6. The predicted molar refractivity (Wildman–Crippen MR) is 127 cm³/mol. The van der Waals surface area contributed by atoms with Crippen molar-refractivity contribution in [2.75, 3.05) is 30.0 Å². The van der Waals surface area contributed by atoms with Crippen molar-refractivity contribution in [1.29, 1.82) is 0 Å². The Hall–Kier alpha value is -3.37. The molecule has 0 bridgehead atoms. The number of fused-ring (bicyclic) bond motifs is 1. The third-order valence-corrected chi connectivity index (χ3v) is 7.40. The van der Waals surface area contributed by atoms with Gasteiger partial charge in [-0.1, -0.05) is 40.2 Å². The number of hydrogen-bond acceptors (Lipinski definition) is 6. The number of carbonyl (C=O) groups is 2. The fourth-order valence-corrected chi connectivity index (χ4v) is 5.34. The van der Waals surface area contributed by atoms with Crippen molar-refractivity contribution in [1.82, 2.24) is 0 Å². The number of ketones is 1. The number of para-hydroxylation sites is 1. The minimum Gasteiger partial charge on any atom is -0.497 e. The van der Waals surface area contributed by atoms with Crippen LogP contribution in [0.5, 0.6) is 11.5 Å². The zero-order valence-corrected chi connectivity index (χ0v) is 20.1. The molecule has 0 saturated heterocycles. The van der Waals surface area contributed by atoms with Crippen LogP contribution in [-0.4, -0.2) is 41.0 Å². The maximum atomic E-state index is 13.6. The number of sulfonamides is 1. The second-order valence-corrected chi connectivity index (χ2v) is 9.78. The van der Waals surface area contributed by atoms with E-state index < -0.39 is 16.1 Å². The van der Waals surface area contributed by atoms with Gasteiger partial charge in [0, 0.05) is 28.2 Å². The summed E-state index contributed by atoms with van der Waals surface area (Å²) in [6.45, 7) is -0.343. The number of methoxy groups -OCH3 is 2. The van der Waals surface area contributed by atoms with Crippen LogP contribution in [0.15, 0.2) is 76.1 Å². The Kier molecular flexibility index (Phi) is 6.13. The molecule has 0 aliphatic carbocycles. The number of benzene rings is 3. The van der Waals surface area contributed by atoms with Gasteiger partial charge in [-0.2, -0.15) is 4.31 Å². The first-order chi connectivity index (χ1) is 15.8. The van der Waals surface area contributed by atoms with E-state index >= 15 is 0 Å². The van der Waals surface area contributed by atoms with E-state index in [1.165, 1.54) is 38.5 Å². The van der Waals surface area contributed by atoms with Crippen LogP contribution < -0.4 is 18.7 Å². The standard InChI is InChI=1S/C23H19BrN2O6S/c1-31-18-11-17(12-19(13-18)32-2)26-23(28)25(14-21(27)15-7-9-16(24)10-8-15)20-5-3-4-6-22(20)33(26,29)30/h3-13H,14H2,1-2H3. The zero-order valence-electron chi connectivity index (χ0n) is 17.7. The van der Waals surface area contributed by atoms with Crippen molar-refractivity contribution in [3.8, 4) is 11.5 Å². The SMILES string of the molecule is COc1cc(OC)cc(N2C(=O)N(CC(=O)c3ccc(Br)cc3)c3ccccc3S2(=O)=O)c1. The van der Waals surface area contributed by atoms with Crippen LogP contribution in [0.3, 0.4) is 0 Å². The molecule has 0 fully saturated rings. The smallest absolute Gasteiger partial charge is 0.343 e. The van der Waals surface area contributed by atoms with E-state index in [1.54, 1.807) is 42.5 Å². The monoisotopic (exact) mass is 530 g/mol. The van der Waals surface area contributed by atoms with E-state index in [1.807, 2.05) is 0 Å². The Labute approximate surface area is 199 Å². The lowest BCUT2D eigenvalue weighted by molar-refractivity contribution is 0.0999. The van der Waals surface area contributed by atoms with Gasteiger partial charge in [0.15, 0.2) is 5.78 Å². The molecular weight excluding hydrogens is 512 g/mol. The Bertz CT molecular complexity index is 1320. The van der Waals surface area contributed by atoms with E-state index in [0.717, 1.165) is 9.37 Å². The highest BCUT2D eigenvalue weighted by atomic mass is 79.9. The highest BCUT2D eigenvalue weighted by molar-refractivity contribution is 9.10. The summed E-state index contributed by atoms with van der Waals surface area (Å²) in [7, 11) is -1.42. The van der Waals surface area contributed by atoms with Gasteiger partial charge in [-0.15, -0.1) is 0 Å². The molecule has 0 atom stereocenters. The molecule has 0 aromatic heterocycles. The molecule has 10 heteroatoms. The van der Waals surface area contributed by atoms with E-state index in [2.05, 4.69) is 15.9 Å². The normalized spacial score (nSPS) is 14.6. The summed E-state index contributed by atoms with van der Waals surface area (Å²) in [6.07, 6.45) is 0. The molecule has 1 aliphatic rings. The maximum Gasteiger partial charge on any atom is 0.343 e. The first-order valence-electron chi connectivity index (χ1n) is 9.74. The highest BCUT2D eigenvalue weighted by Crippen LogP contribution is 2.39. The lowest BCUT2D eigenvalue weighted by Crippen LogP contribution is -2.52. The predicted octanol–water partition coefficient (Wildman–Crippen LogP) is 4.48. The van der Waals surface area contributed by atoms with Gasteiger partial charge in [0.1, 0.15) is 16.4 Å². The van der Waals surface area contributed by atoms with Crippen molar-refractivity contribution in [3.63, 3.8) is 0 Å². The molecule has 33 heavy (non-hydrogen) atoms. The van der Waals surface area contributed by atoms with Gasteiger partial charge in [0.05, 0.1) is 32.1 Å². The fraction of sp³-hybridized carbons (Fsp3) is 0.130. The third kappa shape index (κ3) is 4.19. The van der Waals surface area contributed by atoms with Crippen molar-refractivity contribution in [3.05, 3.63) is 76.8 Å². The lowest BCUT2D eigenvalue weighted by Gasteiger charge is -2.36. The van der Waals surface area contributed by atoms with Crippen LogP contribution in [0.4, 0.5) is 16.2 Å². The minimum atomic E-state index is -4.26. The van der Waals surface area contributed by atoms with Crippen LogP contribution in [0.2, 0.25) is 0 Å². The summed E-state index contributed by atoms with van der Waals surface area (Å²) < 4.78 is 38.9. The van der Waals surface area contributed by atoms with Gasteiger partial charge in [-0.3, -0.25) is 9.69 Å². The number of nitrogens with zero attached hydrogens (tertiary/aromatic N) is 2.